The fraction of sp³-hybridized carbons (Fsp3) is 0.455. The Kier molecular flexibility index (Phi) is 5.69. The quantitative estimate of drug-likeness (QED) is 0.282. The molecule has 3 nitrogen and oxygen atoms in total. The molecule has 2 heterocycles. The number of hydrogen-bond acceptors (Lipinski definition) is 4. The molecule has 0 spiro atoms. The van der Waals surface area contributed by atoms with Gasteiger partial charge in [0, 0.05) is 10.6 Å². The molecule has 0 unspecified atom stereocenters. The van der Waals surface area contributed by atoms with E-state index in [-0.39, 0.29) is 5.56 Å². The zero-order valence-corrected chi connectivity index (χ0v) is 17.7. The second-order valence-corrected chi connectivity index (χ2v) is 9.47. The molecule has 1 aliphatic rings. The maximum Gasteiger partial charge on any atom is 0.267 e. The predicted octanol–water partition coefficient (Wildman–Crippen LogP) is 5.92. The van der Waals surface area contributed by atoms with Gasteiger partial charge >= 0.3 is 0 Å². The molecule has 0 saturated carbocycles. The molecule has 0 fully saturated rings. The molecular weight excluding hydrogens is 372 g/mol. The molecule has 4 rings (SSSR count). The summed E-state index contributed by atoms with van der Waals surface area (Å²) >= 11 is 3.46. The van der Waals surface area contributed by atoms with E-state index in [0.29, 0.717) is 0 Å². The van der Waals surface area contributed by atoms with Gasteiger partial charge in [-0.1, -0.05) is 50.1 Å². The molecule has 142 valence electrons. The van der Waals surface area contributed by atoms with E-state index in [1.54, 1.807) is 23.1 Å². The molecule has 0 bridgehead atoms. The van der Waals surface area contributed by atoms with Crippen molar-refractivity contribution in [3.63, 3.8) is 0 Å². The number of unbranched alkanes of at least 4 members (excludes halogenated alkanes) is 3. The summed E-state index contributed by atoms with van der Waals surface area (Å²) in [7, 11) is 0. The summed E-state index contributed by atoms with van der Waals surface area (Å²) in [5.74, 6) is 1.01. The van der Waals surface area contributed by atoms with E-state index in [1.807, 2.05) is 16.7 Å². The first kappa shape index (κ1) is 18.8. The van der Waals surface area contributed by atoms with Crippen molar-refractivity contribution in [3.8, 4) is 5.69 Å². The molecule has 0 N–H and O–H groups in total. The van der Waals surface area contributed by atoms with Crippen LogP contribution >= 0.6 is 23.1 Å². The van der Waals surface area contributed by atoms with Gasteiger partial charge in [-0.2, -0.15) is 0 Å². The average molecular weight is 399 g/mol. The highest BCUT2D eigenvalue weighted by molar-refractivity contribution is 7.99. The Hall–Kier alpha value is -1.59. The van der Waals surface area contributed by atoms with E-state index < -0.39 is 0 Å². The van der Waals surface area contributed by atoms with Gasteiger partial charge in [-0.15, -0.1) is 11.3 Å². The van der Waals surface area contributed by atoms with E-state index >= 15 is 0 Å². The number of benzene rings is 1. The van der Waals surface area contributed by atoms with Crippen molar-refractivity contribution in [2.24, 2.45) is 0 Å². The second kappa shape index (κ2) is 8.19. The SMILES string of the molecule is CCCCCCSc1nc2sc3c(c2c(=O)n1-c1cccc(C)c1)CCC3. The Labute approximate surface area is 168 Å². The molecule has 0 saturated heterocycles. The number of aryl methyl sites for hydroxylation is 3. The van der Waals surface area contributed by atoms with Crippen LogP contribution in [0.4, 0.5) is 0 Å². The fourth-order valence-electron chi connectivity index (χ4n) is 3.81. The zero-order valence-electron chi connectivity index (χ0n) is 16.1. The van der Waals surface area contributed by atoms with E-state index in [2.05, 4.69) is 26.0 Å². The first-order chi connectivity index (χ1) is 13.2. The maximum absolute atomic E-state index is 13.5. The van der Waals surface area contributed by atoms with Crippen LogP contribution in [0.5, 0.6) is 0 Å². The summed E-state index contributed by atoms with van der Waals surface area (Å²) < 4.78 is 1.85. The van der Waals surface area contributed by atoms with Crippen LogP contribution in [0, 0.1) is 6.92 Å². The molecule has 3 aromatic rings. The summed E-state index contributed by atoms with van der Waals surface area (Å²) in [5, 5.41) is 1.71. The molecule has 0 atom stereocenters. The Balaban J connectivity index is 1.80. The van der Waals surface area contributed by atoms with Gasteiger partial charge < -0.3 is 0 Å². The van der Waals surface area contributed by atoms with Crippen LogP contribution in [0.3, 0.4) is 0 Å². The Morgan fingerprint density at radius 2 is 2.11 bits per heavy atom. The van der Waals surface area contributed by atoms with Crippen LogP contribution in [-0.2, 0) is 12.8 Å². The third kappa shape index (κ3) is 3.72. The second-order valence-electron chi connectivity index (χ2n) is 7.32. The summed E-state index contributed by atoms with van der Waals surface area (Å²) in [4.78, 5) is 20.8. The number of thiophene rings is 1. The minimum Gasteiger partial charge on any atom is -0.268 e. The number of rotatable bonds is 7. The van der Waals surface area contributed by atoms with Gasteiger partial charge in [0.1, 0.15) is 4.83 Å². The topological polar surface area (TPSA) is 34.9 Å². The lowest BCUT2D eigenvalue weighted by atomic mass is 10.2. The summed E-state index contributed by atoms with van der Waals surface area (Å²) in [5.41, 5.74) is 3.46. The standard InChI is InChI=1S/C22H26N2OS2/c1-3-4-5-6-13-26-22-23-20-19(17-11-8-12-18(17)27-20)21(25)24(22)16-10-7-9-15(2)14-16/h7,9-10,14H,3-6,8,11-13H2,1-2H3. The third-order valence-electron chi connectivity index (χ3n) is 5.20. The Morgan fingerprint density at radius 1 is 1.22 bits per heavy atom. The minimum absolute atomic E-state index is 0.112. The fourth-order valence-corrected chi connectivity index (χ4v) is 6.12. The van der Waals surface area contributed by atoms with Gasteiger partial charge in [-0.05, 0) is 55.9 Å². The largest absolute Gasteiger partial charge is 0.268 e. The van der Waals surface area contributed by atoms with Crippen molar-refractivity contribution in [3.05, 3.63) is 50.6 Å². The van der Waals surface area contributed by atoms with E-state index in [0.717, 1.165) is 51.6 Å². The minimum atomic E-state index is 0.112. The maximum atomic E-state index is 13.5. The van der Waals surface area contributed by atoms with E-state index in [4.69, 9.17) is 4.98 Å². The number of hydrogen-bond donors (Lipinski definition) is 0. The van der Waals surface area contributed by atoms with Gasteiger partial charge in [0.2, 0.25) is 0 Å². The molecule has 1 aliphatic carbocycles. The third-order valence-corrected chi connectivity index (χ3v) is 7.41. The molecular formula is C22H26N2OS2. The number of aromatic nitrogens is 2. The van der Waals surface area contributed by atoms with E-state index in [9.17, 15) is 4.79 Å². The molecule has 5 heteroatoms. The lowest BCUT2D eigenvalue weighted by Crippen LogP contribution is -2.22. The van der Waals surface area contributed by atoms with Crippen LogP contribution in [0.25, 0.3) is 15.9 Å². The molecule has 27 heavy (non-hydrogen) atoms. The van der Waals surface area contributed by atoms with Crippen molar-refractivity contribution < 1.29 is 0 Å². The van der Waals surface area contributed by atoms with Crippen LogP contribution in [0.2, 0.25) is 0 Å². The van der Waals surface area contributed by atoms with Gasteiger partial charge in [0.25, 0.3) is 5.56 Å². The number of fused-ring (bicyclic) bond motifs is 3. The van der Waals surface area contributed by atoms with Gasteiger partial charge in [-0.25, -0.2) is 4.98 Å². The van der Waals surface area contributed by atoms with Gasteiger partial charge in [-0.3, -0.25) is 9.36 Å². The van der Waals surface area contributed by atoms with Crippen molar-refractivity contribution in [2.75, 3.05) is 5.75 Å². The average Bonchev–Trinajstić information content (AvgIpc) is 3.22. The lowest BCUT2D eigenvalue weighted by Gasteiger charge is -2.13. The molecule has 0 amide bonds. The zero-order chi connectivity index (χ0) is 18.8. The lowest BCUT2D eigenvalue weighted by molar-refractivity contribution is 0.705. The van der Waals surface area contributed by atoms with Crippen LogP contribution in [0.15, 0.2) is 34.2 Å². The van der Waals surface area contributed by atoms with Gasteiger partial charge in [0.05, 0.1) is 11.1 Å². The van der Waals surface area contributed by atoms with Crippen molar-refractivity contribution in [1.29, 1.82) is 0 Å². The van der Waals surface area contributed by atoms with Crippen molar-refractivity contribution in [1.82, 2.24) is 9.55 Å². The first-order valence-corrected chi connectivity index (χ1v) is 11.8. The smallest absolute Gasteiger partial charge is 0.267 e. The molecule has 0 aliphatic heterocycles. The van der Waals surface area contributed by atoms with Crippen LogP contribution in [-0.4, -0.2) is 15.3 Å². The summed E-state index contributed by atoms with van der Waals surface area (Å²) in [6.45, 7) is 4.30. The van der Waals surface area contributed by atoms with Gasteiger partial charge in [0.15, 0.2) is 5.16 Å². The summed E-state index contributed by atoms with van der Waals surface area (Å²) in [6, 6.07) is 8.20. The van der Waals surface area contributed by atoms with Crippen LogP contribution < -0.4 is 5.56 Å². The van der Waals surface area contributed by atoms with E-state index in [1.165, 1.54) is 36.1 Å². The monoisotopic (exact) mass is 398 g/mol. The van der Waals surface area contributed by atoms with Crippen molar-refractivity contribution >= 4 is 33.3 Å². The molecule has 0 radical (unpaired) electrons. The molecule has 1 aromatic carbocycles. The number of thioether (sulfide) groups is 1. The number of nitrogens with zero attached hydrogens (tertiary/aromatic N) is 2. The highest BCUT2D eigenvalue weighted by Crippen LogP contribution is 2.36. The first-order valence-electron chi connectivity index (χ1n) is 9.96. The molecule has 2 aromatic heterocycles. The Morgan fingerprint density at radius 3 is 2.93 bits per heavy atom. The highest BCUT2D eigenvalue weighted by atomic mass is 32.2. The van der Waals surface area contributed by atoms with Crippen LogP contribution in [0.1, 0.15) is 55.0 Å². The predicted molar refractivity (Wildman–Crippen MR) is 117 cm³/mol. The highest BCUT2D eigenvalue weighted by Gasteiger charge is 2.23. The normalized spacial score (nSPS) is 13.4. The summed E-state index contributed by atoms with van der Waals surface area (Å²) in [6.07, 6.45) is 8.20. The Bertz CT molecular complexity index is 1020. The van der Waals surface area contributed by atoms with Crippen molar-refractivity contribution in [2.45, 2.75) is 63.9 Å².